The van der Waals surface area contributed by atoms with Crippen molar-refractivity contribution in [1.29, 1.82) is 0 Å². The third-order valence-corrected chi connectivity index (χ3v) is 17.1. The lowest BCUT2D eigenvalue weighted by Crippen LogP contribution is -2.52. The number of hydrogen-bond donors (Lipinski definition) is 2. The highest BCUT2D eigenvalue weighted by Gasteiger charge is 2.66. The van der Waals surface area contributed by atoms with E-state index < -0.39 is 19.8 Å². The van der Waals surface area contributed by atoms with Crippen LogP contribution in [0.5, 0.6) is 5.75 Å². The Bertz CT molecular complexity index is 2520. The number of halogens is 1. The van der Waals surface area contributed by atoms with Crippen LogP contribution < -0.4 is 20.4 Å². The quantitative estimate of drug-likeness (QED) is 0.125. The van der Waals surface area contributed by atoms with Crippen LogP contribution in [0, 0.1) is 5.92 Å². The number of aromatic nitrogens is 2. The zero-order valence-electron chi connectivity index (χ0n) is 33.0. The summed E-state index contributed by atoms with van der Waals surface area (Å²) < 4.78 is 15.1. The van der Waals surface area contributed by atoms with Crippen molar-refractivity contribution in [3.05, 3.63) is 153 Å². The van der Waals surface area contributed by atoms with Crippen LogP contribution in [0.4, 0.5) is 5.69 Å². The van der Waals surface area contributed by atoms with Gasteiger partial charge in [-0.25, -0.2) is 4.68 Å². The molecule has 2 aliphatic rings. The number of aliphatic hydroxyl groups excluding tert-OH is 1. The zero-order valence-corrected chi connectivity index (χ0v) is 35.6. The average Bonchev–Trinajstić information content (AvgIpc) is 3.81. The summed E-state index contributed by atoms with van der Waals surface area (Å²) in [5.74, 6) is 0.147. The second-order valence-corrected chi connectivity index (χ2v) is 21.5. The first kappa shape index (κ1) is 39.5. The lowest BCUT2D eigenvalue weighted by Gasteiger charge is -2.37. The third kappa shape index (κ3) is 6.91. The van der Waals surface area contributed by atoms with Crippen molar-refractivity contribution < 1.29 is 24.2 Å². The number of amides is 2. The van der Waals surface area contributed by atoms with Crippen molar-refractivity contribution in [3.8, 4) is 11.4 Å². The second-order valence-electron chi connectivity index (χ2n) is 15.9. The summed E-state index contributed by atoms with van der Waals surface area (Å²) in [6, 6.07) is 38.9. The van der Waals surface area contributed by atoms with Crippen LogP contribution in [0.15, 0.2) is 131 Å². The van der Waals surface area contributed by atoms with E-state index >= 15 is 4.79 Å². The predicted molar refractivity (Wildman–Crippen MR) is 232 cm³/mol. The molecule has 1 fully saturated rings. The molecule has 4 atom stereocenters. The highest BCUT2D eigenvalue weighted by molar-refractivity contribution is 9.10. The number of ether oxygens (including phenoxy) is 2. The standard InChI is InChI=1S/C46H47BrN4O6Si/c1-30-43(58(3,4)36-21-19-35(56-2)20-22-36)41(27-42(53)49(24-25-52)28-31-10-6-5-7-11-31)57-46(30)38-26-33(47)16-23-40(38)50(45(46)55)29-32-14-17-34(18-15-32)51-44(54)37-12-8-9-13-39(37)48-51/h5-23,26,30,41,43,48,52H,24-25,27-29H2,1-4H3/t30-,41+,43-,46+/m0/s1. The Hall–Kier alpha value is -5.27. The Kier molecular flexibility index (Phi) is 10.8. The lowest BCUT2D eigenvalue weighted by molar-refractivity contribution is -0.150. The van der Waals surface area contributed by atoms with Crippen LogP contribution in [-0.2, 0) is 33.0 Å². The van der Waals surface area contributed by atoms with E-state index in [-0.39, 0.29) is 54.9 Å². The first-order chi connectivity index (χ1) is 28.0. The van der Waals surface area contributed by atoms with Gasteiger partial charge in [0.25, 0.3) is 11.5 Å². The Labute approximate surface area is 347 Å². The van der Waals surface area contributed by atoms with Gasteiger partial charge < -0.3 is 24.4 Å². The summed E-state index contributed by atoms with van der Waals surface area (Å²) in [6.07, 6.45) is -0.533. The van der Waals surface area contributed by atoms with Crippen LogP contribution in [0.1, 0.15) is 30.0 Å². The van der Waals surface area contributed by atoms with E-state index in [9.17, 15) is 14.7 Å². The normalized spacial score (nSPS) is 20.2. The number of carbonyl (C=O) groups is 2. The van der Waals surface area contributed by atoms with Crippen LogP contribution in [0.25, 0.3) is 16.6 Å². The number of methoxy groups -OCH3 is 1. The molecule has 2 aliphatic heterocycles. The fourth-order valence-electron chi connectivity index (χ4n) is 9.33. The van der Waals surface area contributed by atoms with Gasteiger partial charge in [-0.1, -0.05) is 108 Å². The number of carbonyl (C=O) groups excluding carboxylic acids is 2. The van der Waals surface area contributed by atoms with Crippen LogP contribution in [0.2, 0.25) is 18.6 Å². The van der Waals surface area contributed by atoms with E-state index in [1.54, 1.807) is 23.0 Å². The molecule has 8 rings (SSSR count). The summed E-state index contributed by atoms with van der Waals surface area (Å²) in [7, 11) is -0.878. The van der Waals surface area contributed by atoms with E-state index in [1.165, 1.54) is 9.87 Å². The predicted octanol–water partition coefficient (Wildman–Crippen LogP) is 7.26. The monoisotopic (exact) mass is 858 g/mol. The number of rotatable bonds is 12. The smallest absolute Gasteiger partial charge is 0.279 e. The number of fused-ring (bicyclic) bond motifs is 3. The van der Waals surface area contributed by atoms with E-state index in [1.807, 2.05) is 103 Å². The van der Waals surface area contributed by atoms with E-state index in [0.717, 1.165) is 38.1 Å². The SMILES string of the molecule is COc1ccc([Si](C)(C)[C@@H]2[C@@H](CC(=O)N(CCO)Cc3ccccc3)O[C@]3(C(=O)N(Cc4ccc(-n5[nH]c6ccccc6c5=O)cc4)c4ccc(Br)cc43)[C@H]2C)cc1. The van der Waals surface area contributed by atoms with Crippen molar-refractivity contribution in [2.75, 3.05) is 25.2 Å². The molecule has 12 heteroatoms. The molecular formula is C46H47BrN4O6Si. The summed E-state index contributed by atoms with van der Waals surface area (Å²) >= 11 is 3.69. The molecule has 10 nitrogen and oxygen atoms in total. The Morgan fingerprint density at radius 2 is 1.64 bits per heavy atom. The van der Waals surface area contributed by atoms with Gasteiger partial charge in [0, 0.05) is 29.0 Å². The van der Waals surface area contributed by atoms with Crippen LogP contribution in [0.3, 0.4) is 0 Å². The molecule has 0 bridgehead atoms. The number of para-hydroxylation sites is 1. The Morgan fingerprint density at radius 3 is 2.33 bits per heavy atom. The van der Waals surface area contributed by atoms with Crippen molar-refractivity contribution in [2.24, 2.45) is 5.92 Å². The fourth-order valence-corrected chi connectivity index (χ4v) is 13.7. The number of H-pyrrole nitrogens is 1. The molecule has 0 saturated carbocycles. The molecule has 6 aromatic rings. The number of aromatic amines is 1. The minimum atomic E-state index is -2.53. The van der Waals surface area contributed by atoms with Gasteiger partial charge in [0.05, 0.1) is 63.1 Å². The maximum atomic E-state index is 15.4. The Balaban J connectivity index is 1.16. The molecule has 1 aromatic heterocycles. The maximum Gasteiger partial charge on any atom is 0.279 e. The molecule has 58 heavy (non-hydrogen) atoms. The summed E-state index contributed by atoms with van der Waals surface area (Å²) in [4.78, 5) is 46.4. The van der Waals surface area contributed by atoms with Gasteiger partial charge in [0.15, 0.2) is 5.60 Å². The summed E-state index contributed by atoms with van der Waals surface area (Å²) in [5.41, 5.74) is 3.19. The number of benzene rings is 5. The van der Waals surface area contributed by atoms with Crippen molar-refractivity contribution in [3.63, 3.8) is 0 Å². The summed E-state index contributed by atoms with van der Waals surface area (Å²) in [6.45, 7) is 7.35. The highest BCUT2D eigenvalue weighted by atomic mass is 79.9. The molecule has 5 aromatic carbocycles. The largest absolute Gasteiger partial charge is 0.497 e. The first-order valence-corrected chi connectivity index (χ1v) is 23.5. The van der Waals surface area contributed by atoms with Gasteiger partial charge in [-0.3, -0.25) is 19.5 Å². The number of nitrogens with one attached hydrogen (secondary N) is 1. The Morgan fingerprint density at radius 1 is 0.931 bits per heavy atom. The molecule has 0 aliphatic carbocycles. The molecule has 0 unspecified atom stereocenters. The van der Waals surface area contributed by atoms with E-state index in [0.29, 0.717) is 17.6 Å². The van der Waals surface area contributed by atoms with Crippen LogP contribution in [-0.4, -0.2) is 66.0 Å². The zero-order chi connectivity index (χ0) is 40.8. The van der Waals surface area contributed by atoms with E-state index in [4.69, 9.17) is 9.47 Å². The lowest BCUT2D eigenvalue weighted by atomic mass is 9.82. The van der Waals surface area contributed by atoms with Gasteiger partial charge in [0.1, 0.15) is 5.75 Å². The fraction of sp³-hybridized carbons (Fsp3) is 0.283. The van der Waals surface area contributed by atoms with Gasteiger partial charge >= 0.3 is 0 Å². The molecule has 3 heterocycles. The maximum absolute atomic E-state index is 15.4. The highest BCUT2D eigenvalue weighted by Crippen LogP contribution is 2.60. The van der Waals surface area contributed by atoms with Gasteiger partial charge in [-0.15, -0.1) is 0 Å². The number of hydrogen-bond acceptors (Lipinski definition) is 6. The van der Waals surface area contributed by atoms with Crippen LogP contribution >= 0.6 is 15.9 Å². The van der Waals surface area contributed by atoms with E-state index in [2.05, 4.69) is 53.2 Å². The topological polar surface area (TPSA) is 117 Å². The molecule has 2 N–H and O–H groups in total. The average molecular weight is 860 g/mol. The molecule has 1 saturated heterocycles. The second kappa shape index (κ2) is 15.8. The summed E-state index contributed by atoms with van der Waals surface area (Å²) in [5, 5.41) is 15.0. The minimum absolute atomic E-state index is 0.0569. The van der Waals surface area contributed by atoms with Crippen molar-refractivity contribution in [2.45, 2.75) is 56.8 Å². The number of aliphatic hydroxyl groups is 1. The molecule has 2 amide bonds. The van der Waals surface area contributed by atoms with Crippen molar-refractivity contribution >= 4 is 57.6 Å². The molecular weight excluding hydrogens is 813 g/mol. The van der Waals surface area contributed by atoms with Crippen molar-refractivity contribution in [1.82, 2.24) is 14.7 Å². The number of nitrogens with zero attached hydrogens (tertiary/aromatic N) is 3. The van der Waals surface area contributed by atoms with Gasteiger partial charge in [0.2, 0.25) is 5.91 Å². The molecule has 0 radical (unpaired) electrons. The van der Waals surface area contributed by atoms with Gasteiger partial charge in [-0.05, 0) is 71.3 Å². The number of anilines is 1. The molecule has 298 valence electrons. The van der Waals surface area contributed by atoms with Gasteiger partial charge in [-0.2, -0.15) is 0 Å². The first-order valence-electron chi connectivity index (χ1n) is 19.6. The third-order valence-electron chi connectivity index (χ3n) is 12.2. The minimum Gasteiger partial charge on any atom is -0.497 e. The molecule has 1 spiro atoms.